The van der Waals surface area contributed by atoms with Gasteiger partial charge in [-0.05, 0) is 47.9 Å². The van der Waals surface area contributed by atoms with Crippen LogP contribution < -0.4 is 10.2 Å². The van der Waals surface area contributed by atoms with Gasteiger partial charge in [-0.25, -0.2) is 4.39 Å². The summed E-state index contributed by atoms with van der Waals surface area (Å²) < 4.78 is 13.7. The predicted molar refractivity (Wildman–Crippen MR) is 101 cm³/mol. The first kappa shape index (κ1) is 17.7. The van der Waals surface area contributed by atoms with Crippen molar-refractivity contribution in [1.82, 2.24) is 10.2 Å². The number of carbonyl (C=O) groups excluding carboxylic acids is 2. The number of fused-ring (bicyclic) bond motifs is 1. The molecule has 2 amide bonds. The van der Waals surface area contributed by atoms with E-state index >= 15 is 0 Å². The van der Waals surface area contributed by atoms with Crippen molar-refractivity contribution < 1.29 is 14.0 Å². The number of nitrogens with zero attached hydrogens (tertiary/aromatic N) is 2. The highest BCUT2D eigenvalue weighted by Crippen LogP contribution is 2.31. The summed E-state index contributed by atoms with van der Waals surface area (Å²) in [5.41, 5.74) is 3.32. The second-order valence-electron chi connectivity index (χ2n) is 7.04. The van der Waals surface area contributed by atoms with Gasteiger partial charge in [0.25, 0.3) is 5.91 Å². The molecule has 1 saturated heterocycles. The fraction of sp³-hybridized carbons (Fsp3) is 0.333. The lowest BCUT2D eigenvalue weighted by Gasteiger charge is -2.36. The number of benzene rings is 2. The first-order valence-electron chi connectivity index (χ1n) is 9.23. The highest BCUT2D eigenvalue weighted by molar-refractivity contribution is 5.98. The van der Waals surface area contributed by atoms with E-state index in [2.05, 4.69) is 5.32 Å². The van der Waals surface area contributed by atoms with Crippen LogP contribution in [0, 0.1) is 5.82 Å². The lowest BCUT2D eigenvalue weighted by molar-refractivity contribution is -0.116. The monoisotopic (exact) mass is 367 g/mol. The number of rotatable bonds is 2. The minimum absolute atomic E-state index is 0.0149. The third-order valence-corrected chi connectivity index (χ3v) is 5.34. The van der Waals surface area contributed by atoms with E-state index in [1.165, 1.54) is 12.1 Å². The molecule has 2 aromatic rings. The second-order valence-corrected chi connectivity index (χ2v) is 7.04. The number of carbonyl (C=O) groups is 2. The van der Waals surface area contributed by atoms with Gasteiger partial charge in [-0.1, -0.05) is 12.1 Å². The Hall–Kier alpha value is -2.73. The molecule has 2 heterocycles. The largest absolute Gasteiger partial charge is 0.329 e. The van der Waals surface area contributed by atoms with Gasteiger partial charge in [-0.3, -0.25) is 9.59 Å². The molecule has 2 aromatic carbocycles. The van der Waals surface area contributed by atoms with Crippen molar-refractivity contribution in [1.29, 1.82) is 0 Å². The SMILES string of the molecule is CC(=O)N1CCc2cc(C(=O)N3CCNCC3c3cccc(F)c3)ccc21. The van der Waals surface area contributed by atoms with Crippen LogP contribution in [0.25, 0.3) is 0 Å². The summed E-state index contributed by atoms with van der Waals surface area (Å²) in [6.45, 7) is 4.08. The Morgan fingerprint density at radius 1 is 1.15 bits per heavy atom. The summed E-state index contributed by atoms with van der Waals surface area (Å²) in [7, 11) is 0. The number of amides is 2. The summed E-state index contributed by atoms with van der Waals surface area (Å²) in [5.74, 6) is -0.344. The zero-order valence-electron chi connectivity index (χ0n) is 15.2. The topological polar surface area (TPSA) is 52.7 Å². The average molecular weight is 367 g/mol. The summed E-state index contributed by atoms with van der Waals surface area (Å²) in [6.07, 6.45) is 0.755. The van der Waals surface area contributed by atoms with Crippen molar-refractivity contribution in [2.24, 2.45) is 0 Å². The fourth-order valence-electron chi connectivity index (χ4n) is 3.99. The Balaban J connectivity index is 1.62. The lowest BCUT2D eigenvalue weighted by Crippen LogP contribution is -2.48. The molecule has 140 valence electrons. The minimum atomic E-state index is -0.299. The zero-order valence-corrected chi connectivity index (χ0v) is 15.2. The smallest absolute Gasteiger partial charge is 0.254 e. The molecule has 0 aromatic heterocycles. The molecule has 1 atom stereocenters. The highest BCUT2D eigenvalue weighted by atomic mass is 19.1. The summed E-state index contributed by atoms with van der Waals surface area (Å²) in [4.78, 5) is 28.5. The maximum Gasteiger partial charge on any atom is 0.254 e. The molecule has 4 rings (SSSR count). The van der Waals surface area contributed by atoms with Crippen LogP contribution in [0.15, 0.2) is 42.5 Å². The normalized spacial score (nSPS) is 19.1. The van der Waals surface area contributed by atoms with E-state index in [0.717, 1.165) is 23.2 Å². The van der Waals surface area contributed by atoms with Gasteiger partial charge < -0.3 is 15.1 Å². The van der Waals surface area contributed by atoms with Gasteiger partial charge in [0.2, 0.25) is 5.91 Å². The van der Waals surface area contributed by atoms with Crippen LogP contribution in [0.3, 0.4) is 0 Å². The third-order valence-electron chi connectivity index (χ3n) is 5.34. The summed E-state index contributed by atoms with van der Waals surface area (Å²) in [5, 5.41) is 3.29. The molecule has 6 heteroatoms. The van der Waals surface area contributed by atoms with Gasteiger partial charge in [-0.15, -0.1) is 0 Å². The first-order valence-corrected chi connectivity index (χ1v) is 9.23. The lowest BCUT2D eigenvalue weighted by atomic mass is 10.0. The molecule has 1 N–H and O–H groups in total. The molecule has 0 bridgehead atoms. The van der Waals surface area contributed by atoms with Crippen molar-refractivity contribution in [2.45, 2.75) is 19.4 Å². The van der Waals surface area contributed by atoms with E-state index in [1.807, 2.05) is 23.1 Å². The molecule has 2 aliphatic rings. The van der Waals surface area contributed by atoms with E-state index < -0.39 is 0 Å². The van der Waals surface area contributed by atoms with Crippen LogP contribution in [0.1, 0.15) is 34.5 Å². The van der Waals surface area contributed by atoms with Crippen molar-refractivity contribution >= 4 is 17.5 Å². The molecular formula is C21H22FN3O2. The summed E-state index contributed by atoms with van der Waals surface area (Å²) >= 11 is 0. The van der Waals surface area contributed by atoms with Crippen LogP contribution in [0.2, 0.25) is 0 Å². The average Bonchev–Trinajstić information content (AvgIpc) is 3.11. The van der Waals surface area contributed by atoms with E-state index in [0.29, 0.717) is 31.7 Å². The van der Waals surface area contributed by atoms with Crippen molar-refractivity contribution in [2.75, 3.05) is 31.1 Å². The van der Waals surface area contributed by atoms with E-state index in [-0.39, 0.29) is 23.7 Å². The van der Waals surface area contributed by atoms with Crippen LogP contribution in [0.5, 0.6) is 0 Å². The molecule has 0 radical (unpaired) electrons. The van der Waals surface area contributed by atoms with Crippen molar-refractivity contribution in [3.63, 3.8) is 0 Å². The number of nitrogens with one attached hydrogen (secondary N) is 1. The van der Waals surface area contributed by atoms with Gasteiger partial charge in [0.15, 0.2) is 0 Å². The maximum atomic E-state index is 13.7. The van der Waals surface area contributed by atoms with E-state index in [4.69, 9.17) is 0 Å². The molecule has 0 spiro atoms. The number of hydrogen-bond donors (Lipinski definition) is 1. The first-order chi connectivity index (χ1) is 13.0. The summed E-state index contributed by atoms with van der Waals surface area (Å²) in [6, 6.07) is 11.8. The van der Waals surface area contributed by atoms with Crippen LogP contribution >= 0.6 is 0 Å². The van der Waals surface area contributed by atoms with E-state index in [9.17, 15) is 14.0 Å². The second kappa shape index (κ2) is 7.12. The highest BCUT2D eigenvalue weighted by Gasteiger charge is 2.30. The number of piperazine rings is 1. The van der Waals surface area contributed by atoms with Crippen molar-refractivity contribution in [3.8, 4) is 0 Å². The fourth-order valence-corrected chi connectivity index (χ4v) is 3.99. The molecule has 2 aliphatic heterocycles. The minimum Gasteiger partial charge on any atom is -0.329 e. The van der Waals surface area contributed by atoms with Gasteiger partial charge in [0, 0.05) is 44.4 Å². The third kappa shape index (κ3) is 3.32. The molecular weight excluding hydrogens is 345 g/mol. The zero-order chi connectivity index (χ0) is 19.0. The number of halogens is 1. The maximum absolute atomic E-state index is 13.7. The standard InChI is InChI=1S/C21H22FN3O2/c1-14(26)24-9-7-16-11-17(5-6-19(16)24)21(27)25-10-8-23-13-20(25)15-3-2-4-18(22)12-15/h2-6,11-12,20,23H,7-10,13H2,1H3. The quantitative estimate of drug-likeness (QED) is 0.887. The Bertz CT molecular complexity index is 899. The van der Waals surface area contributed by atoms with Gasteiger partial charge >= 0.3 is 0 Å². The molecule has 27 heavy (non-hydrogen) atoms. The van der Waals surface area contributed by atoms with Crippen LogP contribution in [0.4, 0.5) is 10.1 Å². The van der Waals surface area contributed by atoms with Gasteiger partial charge in [0.05, 0.1) is 6.04 Å². The molecule has 5 nitrogen and oxygen atoms in total. The molecule has 1 unspecified atom stereocenters. The van der Waals surface area contributed by atoms with Gasteiger partial charge in [0.1, 0.15) is 5.82 Å². The Morgan fingerprint density at radius 3 is 2.78 bits per heavy atom. The Morgan fingerprint density at radius 2 is 2.00 bits per heavy atom. The Labute approximate surface area is 157 Å². The molecule has 1 fully saturated rings. The number of hydrogen-bond acceptors (Lipinski definition) is 3. The predicted octanol–water partition coefficient (Wildman–Crippen LogP) is 2.52. The number of anilines is 1. The van der Waals surface area contributed by atoms with E-state index in [1.54, 1.807) is 24.0 Å². The Kier molecular flexibility index (Phi) is 4.66. The van der Waals surface area contributed by atoms with Crippen LogP contribution in [-0.4, -0.2) is 42.9 Å². The molecule has 0 aliphatic carbocycles. The van der Waals surface area contributed by atoms with Gasteiger partial charge in [-0.2, -0.15) is 0 Å². The van der Waals surface area contributed by atoms with Crippen molar-refractivity contribution in [3.05, 3.63) is 65.0 Å². The van der Waals surface area contributed by atoms with Crippen LogP contribution in [-0.2, 0) is 11.2 Å². The molecule has 0 saturated carbocycles.